The van der Waals surface area contributed by atoms with E-state index >= 15 is 0 Å². The molecule has 5 nitrogen and oxygen atoms in total. The molecule has 0 bridgehead atoms. The predicted molar refractivity (Wildman–Crippen MR) is 112 cm³/mol. The standard InChI is InChI=1S/C22H25ClN4O/c1-17-2-7-21-19(14-17)15-24-27(21)9-8-22(28)26-12-10-25(11-13-26)16-18-3-5-20(23)6-4-18/h2-7,14-15H,8-13,16H2,1H3. The summed E-state index contributed by atoms with van der Waals surface area (Å²) in [7, 11) is 0. The van der Waals surface area contributed by atoms with E-state index < -0.39 is 0 Å². The van der Waals surface area contributed by atoms with Crippen molar-refractivity contribution in [2.45, 2.75) is 26.4 Å². The molecule has 2 heterocycles. The van der Waals surface area contributed by atoms with Crippen LogP contribution in [0.2, 0.25) is 5.02 Å². The van der Waals surface area contributed by atoms with Gasteiger partial charge in [-0.15, -0.1) is 0 Å². The molecule has 6 heteroatoms. The van der Waals surface area contributed by atoms with Crippen molar-refractivity contribution in [1.29, 1.82) is 0 Å². The van der Waals surface area contributed by atoms with Gasteiger partial charge in [0.1, 0.15) is 0 Å². The lowest BCUT2D eigenvalue weighted by Crippen LogP contribution is -2.48. The summed E-state index contributed by atoms with van der Waals surface area (Å²) in [6.07, 6.45) is 2.37. The Labute approximate surface area is 170 Å². The molecule has 2 aromatic carbocycles. The van der Waals surface area contributed by atoms with Crippen LogP contribution < -0.4 is 0 Å². The Morgan fingerprint density at radius 2 is 1.82 bits per heavy atom. The first-order valence-electron chi connectivity index (χ1n) is 9.75. The Hall–Kier alpha value is -2.37. The highest BCUT2D eigenvalue weighted by Gasteiger charge is 2.21. The minimum Gasteiger partial charge on any atom is -0.340 e. The second kappa shape index (κ2) is 8.33. The van der Waals surface area contributed by atoms with E-state index in [1.165, 1.54) is 11.1 Å². The molecule has 146 valence electrons. The number of halogens is 1. The third-order valence-electron chi connectivity index (χ3n) is 5.38. The SMILES string of the molecule is Cc1ccc2c(cnn2CCC(=O)N2CCN(Cc3ccc(Cl)cc3)CC2)c1. The van der Waals surface area contributed by atoms with E-state index in [4.69, 9.17) is 11.6 Å². The second-order valence-corrected chi connectivity index (χ2v) is 7.90. The van der Waals surface area contributed by atoms with Gasteiger partial charge < -0.3 is 4.90 Å². The van der Waals surface area contributed by atoms with Crippen molar-refractivity contribution >= 4 is 28.4 Å². The fourth-order valence-electron chi connectivity index (χ4n) is 3.75. The van der Waals surface area contributed by atoms with Gasteiger partial charge in [0.15, 0.2) is 0 Å². The van der Waals surface area contributed by atoms with E-state index in [9.17, 15) is 4.79 Å². The Kier molecular flexibility index (Phi) is 5.64. The Balaban J connectivity index is 1.27. The Morgan fingerprint density at radius 1 is 1.07 bits per heavy atom. The fourth-order valence-corrected chi connectivity index (χ4v) is 3.87. The van der Waals surface area contributed by atoms with E-state index in [1.54, 1.807) is 0 Å². The van der Waals surface area contributed by atoms with Crippen LogP contribution in [0.15, 0.2) is 48.7 Å². The van der Waals surface area contributed by atoms with Crippen LogP contribution in [-0.2, 0) is 17.9 Å². The van der Waals surface area contributed by atoms with Crippen molar-refractivity contribution in [2.24, 2.45) is 0 Å². The maximum atomic E-state index is 12.6. The molecule has 0 atom stereocenters. The van der Waals surface area contributed by atoms with Crippen molar-refractivity contribution in [3.05, 3.63) is 64.8 Å². The first kappa shape index (κ1) is 19.0. The van der Waals surface area contributed by atoms with Gasteiger partial charge >= 0.3 is 0 Å². The number of piperazine rings is 1. The number of nitrogens with zero attached hydrogens (tertiary/aromatic N) is 4. The van der Waals surface area contributed by atoms with Crippen molar-refractivity contribution in [3.63, 3.8) is 0 Å². The first-order valence-corrected chi connectivity index (χ1v) is 10.1. The van der Waals surface area contributed by atoms with Crippen molar-refractivity contribution in [3.8, 4) is 0 Å². The van der Waals surface area contributed by atoms with Crippen molar-refractivity contribution in [1.82, 2.24) is 19.6 Å². The van der Waals surface area contributed by atoms with E-state index in [2.05, 4.69) is 47.3 Å². The topological polar surface area (TPSA) is 41.4 Å². The molecule has 1 aliphatic heterocycles. The van der Waals surface area contributed by atoms with Gasteiger partial charge in [0, 0.05) is 49.6 Å². The zero-order valence-corrected chi connectivity index (χ0v) is 16.9. The van der Waals surface area contributed by atoms with E-state index in [-0.39, 0.29) is 5.91 Å². The smallest absolute Gasteiger partial charge is 0.224 e. The third-order valence-corrected chi connectivity index (χ3v) is 5.63. The highest BCUT2D eigenvalue weighted by atomic mass is 35.5. The number of rotatable bonds is 5. The number of fused-ring (bicyclic) bond motifs is 1. The van der Waals surface area contributed by atoms with Crippen LogP contribution in [-0.4, -0.2) is 51.7 Å². The summed E-state index contributed by atoms with van der Waals surface area (Å²) in [4.78, 5) is 17.0. The van der Waals surface area contributed by atoms with E-state index in [0.717, 1.165) is 48.6 Å². The number of amides is 1. The Morgan fingerprint density at radius 3 is 2.57 bits per heavy atom. The molecule has 1 aromatic heterocycles. The average Bonchev–Trinajstić information content (AvgIpc) is 3.10. The lowest BCUT2D eigenvalue weighted by atomic mass is 10.2. The highest BCUT2D eigenvalue weighted by molar-refractivity contribution is 6.30. The van der Waals surface area contributed by atoms with Crippen LogP contribution in [0.4, 0.5) is 0 Å². The zero-order chi connectivity index (χ0) is 19.5. The number of hydrogen-bond donors (Lipinski definition) is 0. The maximum absolute atomic E-state index is 12.6. The van der Waals surface area contributed by atoms with Gasteiger partial charge in [0.25, 0.3) is 0 Å². The summed E-state index contributed by atoms with van der Waals surface area (Å²) in [6, 6.07) is 14.3. The number of hydrogen-bond acceptors (Lipinski definition) is 3. The van der Waals surface area contributed by atoms with Gasteiger partial charge in [-0.05, 0) is 36.8 Å². The van der Waals surface area contributed by atoms with E-state index in [1.807, 2.05) is 27.9 Å². The minimum atomic E-state index is 0.210. The molecule has 0 saturated carbocycles. The molecule has 1 aliphatic rings. The molecular weight excluding hydrogens is 372 g/mol. The second-order valence-electron chi connectivity index (χ2n) is 7.46. The molecule has 28 heavy (non-hydrogen) atoms. The molecule has 1 amide bonds. The van der Waals surface area contributed by atoms with Crippen LogP contribution in [0.1, 0.15) is 17.5 Å². The normalized spacial score (nSPS) is 15.3. The van der Waals surface area contributed by atoms with Gasteiger partial charge in [-0.3, -0.25) is 14.4 Å². The third kappa shape index (κ3) is 4.37. The first-order chi connectivity index (χ1) is 13.6. The quantitative estimate of drug-likeness (QED) is 0.659. The molecule has 0 aliphatic carbocycles. The predicted octanol–water partition coefficient (Wildman–Crippen LogP) is 3.73. The van der Waals surface area contributed by atoms with Gasteiger partial charge in [0.05, 0.1) is 18.3 Å². The molecule has 1 saturated heterocycles. The van der Waals surface area contributed by atoms with Crippen molar-refractivity contribution in [2.75, 3.05) is 26.2 Å². The lowest BCUT2D eigenvalue weighted by molar-refractivity contribution is -0.133. The molecule has 3 aromatic rings. The molecule has 1 fully saturated rings. The van der Waals surface area contributed by atoms with E-state index in [0.29, 0.717) is 13.0 Å². The number of benzene rings is 2. The summed E-state index contributed by atoms with van der Waals surface area (Å²) >= 11 is 5.95. The number of carbonyl (C=O) groups is 1. The van der Waals surface area contributed by atoms with Crippen LogP contribution in [0.5, 0.6) is 0 Å². The van der Waals surface area contributed by atoms with Crippen LogP contribution in [0.25, 0.3) is 10.9 Å². The lowest BCUT2D eigenvalue weighted by Gasteiger charge is -2.34. The summed E-state index contributed by atoms with van der Waals surface area (Å²) in [5.74, 6) is 0.210. The van der Waals surface area contributed by atoms with Gasteiger partial charge in [-0.25, -0.2) is 0 Å². The zero-order valence-electron chi connectivity index (χ0n) is 16.1. The summed E-state index contributed by atoms with van der Waals surface area (Å²) in [5, 5.41) is 6.34. The minimum absolute atomic E-state index is 0.210. The maximum Gasteiger partial charge on any atom is 0.224 e. The van der Waals surface area contributed by atoms with Gasteiger partial charge in [-0.2, -0.15) is 5.10 Å². The molecule has 0 N–H and O–H groups in total. The number of aryl methyl sites for hydroxylation is 2. The van der Waals surface area contributed by atoms with Gasteiger partial charge in [0.2, 0.25) is 5.91 Å². The van der Waals surface area contributed by atoms with Crippen LogP contribution in [0, 0.1) is 6.92 Å². The highest BCUT2D eigenvalue weighted by Crippen LogP contribution is 2.17. The molecule has 0 unspecified atom stereocenters. The molecule has 4 rings (SSSR count). The van der Waals surface area contributed by atoms with Crippen molar-refractivity contribution < 1.29 is 4.79 Å². The monoisotopic (exact) mass is 396 g/mol. The van der Waals surface area contributed by atoms with Crippen LogP contribution >= 0.6 is 11.6 Å². The Bertz CT molecular complexity index is 958. The number of aromatic nitrogens is 2. The average molecular weight is 397 g/mol. The summed E-state index contributed by atoms with van der Waals surface area (Å²) in [6.45, 7) is 6.97. The molecule has 0 spiro atoms. The molecule has 0 radical (unpaired) electrons. The molecular formula is C22H25ClN4O. The summed E-state index contributed by atoms with van der Waals surface area (Å²) < 4.78 is 1.93. The van der Waals surface area contributed by atoms with Crippen LogP contribution in [0.3, 0.4) is 0 Å². The number of carbonyl (C=O) groups excluding carboxylic acids is 1. The summed E-state index contributed by atoms with van der Waals surface area (Å²) in [5.41, 5.74) is 3.57. The largest absolute Gasteiger partial charge is 0.340 e. The van der Waals surface area contributed by atoms with Gasteiger partial charge in [-0.1, -0.05) is 35.4 Å². The fraction of sp³-hybridized carbons (Fsp3) is 0.364.